The van der Waals surface area contributed by atoms with Gasteiger partial charge in [0.2, 0.25) is 0 Å². The Kier molecular flexibility index (Phi) is 5.88. The van der Waals surface area contributed by atoms with Gasteiger partial charge in [-0.2, -0.15) is 5.26 Å². The van der Waals surface area contributed by atoms with E-state index in [9.17, 15) is 5.26 Å². The Morgan fingerprint density at radius 2 is 1.71 bits per heavy atom. The molecule has 0 aliphatic rings. The second-order valence-electron chi connectivity index (χ2n) is 4.16. The van der Waals surface area contributed by atoms with E-state index >= 15 is 0 Å². The Bertz CT molecular complexity index is 374. The molecule has 0 aliphatic heterocycles. The molecule has 0 aliphatic carbocycles. The van der Waals surface area contributed by atoms with E-state index in [1.54, 1.807) is 11.8 Å². The molecule has 1 aromatic carbocycles. The zero-order valence-corrected chi connectivity index (χ0v) is 11.9. The van der Waals surface area contributed by atoms with Crippen molar-refractivity contribution in [2.24, 2.45) is 0 Å². The van der Waals surface area contributed by atoms with Crippen LogP contribution in [0.2, 0.25) is 5.02 Å². The second kappa shape index (κ2) is 6.93. The molecular formula is C14H18ClNS. The molecule has 0 unspecified atom stereocenters. The minimum absolute atomic E-state index is 0.280. The van der Waals surface area contributed by atoms with Crippen LogP contribution in [0.3, 0.4) is 0 Å². The summed E-state index contributed by atoms with van der Waals surface area (Å²) in [6, 6.07) is 10.2. The quantitative estimate of drug-likeness (QED) is 0.654. The van der Waals surface area contributed by atoms with Crippen molar-refractivity contribution < 1.29 is 0 Å². The minimum Gasteiger partial charge on any atom is -0.197 e. The number of nitrogens with zero attached hydrogens (tertiary/aromatic N) is 1. The van der Waals surface area contributed by atoms with Gasteiger partial charge in [0.05, 0.1) is 6.07 Å². The number of halogens is 1. The second-order valence-corrected chi connectivity index (χ2v) is 6.06. The number of rotatable bonds is 6. The van der Waals surface area contributed by atoms with Crippen LogP contribution in [0.5, 0.6) is 0 Å². The van der Waals surface area contributed by atoms with Crippen LogP contribution in [-0.4, -0.2) is 4.75 Å². The first-order chi connectivity index (χ1) is 8.15. The Morgan fingerprint density at radius 3 is 2.12 bits per heavy atom. The van der Waals surface area contributed by atoms with Gasteiger partial charge in [-0.05, 0) is 37.1 Å². The van der Waals surface area contributed by atoms with E-state index in [-0.39, 0.29) is 4.75 Å². The minimum atomic E-state index is -0.280. The number of hydrogen-bond donors (Lipinski definition) is 0. The number of benzene rings is 1. The van der Waals surface area contributed by atoms with Gasteiger partial charge in [0.15, 0.2) is 0 Å². The summed E-state index contributed by atoms with van der Waals surface area (Å²) in [5.41, 5.74) is 0. The van der Waals surface area contributed by atoms with E-state index in [0.717, 1.165) is 35.6 Å². The number of nitriles is 1. The molecule has 1 nitrogen and oxygen atoms in total. The average molecular weight is 268 g/mol. The highest BCUT2D eigenvalue weighted by atomic mass is 35.5. The molecule has 1 aromatic rings. The first-order valence-corrected chi connectivity index (χ1v) is 7.21. The third-order valence-corrected chi connectivity index (χ3v) is 4.29. The van der Waals surface area contributed by atoms with E-state index in [1.807, 2.05) is 24.3 Å². The highest BCUT2D eigenvalue weighted by molar-refractivity contribution is 8.01. The van der Waals surface area contributed by atoms with E-state index < -0.39 is 0 Å². The normalized spacial score (nSPS) is 11.2. The lowest BCUT2D eigenvalue weighted by Gasteiger charge is -2.25. The molecule has 0 amide bonds. The fraction of sp³-hybridized carbons (Fsp3) is 0.500. The van der Waals surface area contributed by atoms with Crippen LogP contribution in [0.4, 0.5) is 0 Å². The summed E-state index contributed by atoms with van der Waals surface area (Å²) in [6.45, 7) is 4.26. The summed E-state index contributed by atoms with van der Waals surface area (Å²) in [4.78, 5) is 1.12. The van der Waals surface area contributed by atoms with Crippen LogP contribution in [0, 0.1) is 11.3 Å². The summed E-state index contributed by atoms with van der Waals surface area (Å²) in [5, 5.41) is 10.2. The Morgan fingerprint density at radius 1 is 1.18 bits per heavy atom. The maximum Gasteiger partial charge on any atom is 0.107 e. The monoisotopic (exact) mass is 267 g/mol. The molecule has 0 aromatic heterocycles. The van der Waals surface area contributed by atoms with Crippen molar-refractivity contribution in [2.45, 2.75) is 49.2 Å². The lowest BCUT2D eigenvalue weighted by molar-refractivity contribution is 0.584. The van der Waals surface area contributed by atoms with Gasteiger partial charge in [-0.3, -0.25) is 0 Å². The molecule has 0 N–H and O–H groups in total. The fourth-order valence-electron chi connectivity index (χ4n) is 1.90. The van der Waals surface area contributed by atoms with Crippen LogP contribution in [0.25, 0.3) is 0 Å². The zero-order chi connectivity index (χ0) is 12.7. The lowest BCUT2D eigenvalue weighted by Crippen LogP contribution is -2.21. The van der Waals surface area contributed by atoms with Crippen molar-refractivity contribution in [3.8, 4) is 6.07 Å². The van der Waals surface area contributed by atoms with Gasteiger partial charge in [-0.1, -0.05) is 38.3 Å². The predicted octanol–water partition coefficient (Wildman–Crippen LogP) is 5.29. The van der Waals surface area contributed by atoms with E-state index in [2.05, 4.69) is 19.9 Å². The number of hydrogen-bond acceptors (Lipinski definition) is 2. The lowest BCUT2D eigenvalue weighted by atomic mass is 9.99. The van der Waals surface area contributed by atoms with Crippen LogP contribution in [-0.2, 0) is 0 Å². The summed E-state index contributed by atoms with van der Waals surface area (Å²) < 4.78 is -0.280. The Balaban J connectivity index is 2.85. The molecule has 3 heteroatoms. The number of thioether (sulfide) groups is 1. The van der Waals surface area contributed by atoms with Crippen molar-refractivity contribution in [3.63, 3.8) is 0 Å². The zero-order valence-electron chi connectivity index (χ0n) is 10.4. The molecule has 1 rings (SSSR count). The molecular weight excluding hydrogens is 250 g/mol. The highest BCUT2D eigenvalue weighted by Crippen LogP contribution is 2.40. The van der Waals surface area contributed by atoms with Gasteiger partial charge in [0.25, 0.3) is 0 Å². The maximum absolute atomic E-state index is 9.46. The molecule has 0 spiro atoms. The summed E-state index contributed by atoms with van der Waals surface area (Å²) in [5.74, 6) is 0. The van der Waals surface area contributed by atoms with Crippen molar-refractivity contribution in [1.82, 2.24) is 0 Å². The van der Waals surface area contributed by atoms with Gasteiger partial charge in [0.1, 0.15) is 4.75 Å². The molecule has 0 radical (unpaired) electrons. The van der Waals surface area contributed by atoms with Crippen LogP contribution in [0.1, 0.15) is 39.5 Å². The molecule has 0 bridgehead atoms. The topological polar surface area (TPSA) is 23.8 Å². The van der Waals surface area contributed by atoms with Gasteiger partial charge in [-0.25, -0.2) is 0 Å². The van der Waals surface area contributed by atoms with E-state index in [1.165, 1.54) is 0 Å². The SMILES string of the molecule is CCCC(C#N)(CCC)Sc1ccc(Cl)cc1. The molecule has 0 saturated heterocycles. The molecule has 0 atom stereocenters. The van der Waals surface area contributed by atoms with Crippen molar-refractivity contribution in [1.29, 1.82) is 5.26 Å². The third-order valence-electron chi connectivity index (χ3n) is 2.64. The third kappa shape index (κ3) is 4.26. The Hall–Kier alpha value is -0.650. The molecule has 0 saturated carbocycles. The van der Waals surface area contributed by atoms with Gasteiger partial charge in [-0.15, -0.1) is 11.8 Å². The van der Waals surface area contributed by atoms with Gasteiger partial charge >= 0.3 is 0 Å². The van der Waals surface area contributed by atoms with Gasteiger partial charge in [0, 0.05) is 9.92 Å². The first kappa shape index (κ1) is 14.4. The van der Waals surface area contributed by atoms with E-state index in [4.69, 9.17) is 11.6 Å². The predicted molar refractivity (Wildman–Crippen MR) is 75.5 cm³/mol. The standard InChI is InChI=1S/C14H18ClNS/c1-3-9-14(11-16,10-4-2)17-13-7-5-12(15)6-8-13/h5-8H,3-4,9-10H2,1-2H3. The smallest absolute Gasteiger partial charge is 0.107 e. The van der Waals surface area contributed by atoms with Crippen LogP contribution < -0.4 is 0 Å². The average Bonchev–Trinajstić information content (AvgIpc) is 2.33. The molecule has 92 valence electrons. The Labute approximate surface area is 113 Å². The maximum atomic E-state index is 9.46. The summed E-state index contributed by atoms with van der Waals surface area (Å²) in [7, 11) is 0. The summed E-state index contributed by atoms with van der Waals surface area (Å²) >= 11 is 7.54. The van der Waals surface area contributed by atoms with Gasteiger partial charge < -0.3 is 0 Å². The van der Waals surface area contributed by atoms with E-state index in [0.29, 0.717) is 0 Å². The first-order valence-electron chi connectivity index (χ1n) is 6.01. The molecule has 17 heavy (non-hydrogen) atoms. The largest absolute Gasteiger partial charge is 0.197 e. The summed E-state index contributed by atoms with van der Waals surface area (Å²) in [6.07, 6.45) is 3.94. The van der Waals surface area contributed by atoms with Crippen LogP contribution in [0.15, 0.2) is 29.2 Å². The molecule has 0 heterocycles. The van der Waals surface area contributed by atoms with Crippen molar-refractivity contribution in [3.05, 3.63) is 29.3 Å². The van der Waals surface area contributed by atoms with Crippen molar-refractivity contribution >= 4 is 23.4 Å². The van der Waals surface area contributed by atoms with Crippen LogP contribution >= 0.6 is 23.4 Å². The fourth-order valence-corrected chi connectivity index (χ4v) is 3.40. The van der Waals surface area contributed by atoms with Crippen molar-refractivity contribution in [2.75, 3.05) is 0 Å². The highest BCUT2D eigenvalue weighted by Gasteiger charge is 2.29. The molecule has 0 fully saturated rings.